The molecule has 2 heterocycles. The van der Waals surface area contributed by atoms with E-state index >= 15 is 0 Å². The van der Waals surface area contributed by atoms with E-state index in [4.69, 9.17) is 4.74 Å². The van der Waals surface area contributed by atoms with E-state index in [1.54, 1.807) is 30.5 Å². The first-order chi connectivity index (χ1) is 12.7. The van der Waals surface area contributed by atoms with Crippen LogP contribution in [0.25, 0.3) is 11.0 Å². The number of pyridine rings is 1. The molecule has 5 nitrogen and oxygen atoms in total. The minimum atomic E-state index is -0.330. The lowest BCUT2D eigenvalue weighted by atomic mass is 10.2. The van der Waals surface area contributed by atoms with Crippen molar-refractivity contribution < 1.29 is 9.13 Å². The summed E-state index contributed by atoms with van der Waals surface area (Å²) in [7, 11) is 1.61. The van der Waals surface area contributed by atoms with Gasteiger partial charge in [-0.1, -0.05) is 6.07 Å². The van der Waals surface area contributed by atoms with E-state index in [1.807, 2.05) is 42.5 Å². The number of aromatic nitrogens is 3. The number of hydrogen-bond donors (Lipinski definition) is 0. The van der Waals surface area contributed by atoms with E-state index in [9.17, 15) is 4.39 Å². The molecule has 0 unspecified atom stereocenters. The van der Waals surface area contributed by atoms with Gasteiger partial charge in [-0.15, -0.1) is 0 Å². The van der Waals surface area contributed by atoms with E-state index < -0.39 is 0 Å². The molecule has 0 aliphatic rings. The lowest BCUT2D eigenvalue weighted by Crippen LogP contribution is -2.13. The van der Waals surface area contributed by atoms with Crippen molar-refractivity contribution in [2.45, 2.75) is 0 Å². The van der Waals surface area contributed by atoms with Gasteiger partial charge in [-0.25, -0.2) is 14.4 Å². The van der Waals surface area contributed by atoms with Crippen molar-refractivity contribution >= 4 is 28.4 Å². The average Bonchev–Trinajstić information content (AvgIpc) is 2.69. The smallest absolute Gasteiger partial charge is 0.235 e. The Balaban J connectivity index is 1.88. The number of benzene rings is 2. The topological polar surface area (TPSA) is 51.1 Å². The first-order valence-corrected chi connectivity index (χ1v) is 8.02. The Morgan fingerprint density at radius 2 is 1.73 bits per heavy atom. The van der Waals surface area contributed by atoms with Crippen LogP contribution >= 0.6 is 0 Å². The van der Waals surface area contributed by atoms with Gasteiger partial charge in [-0.3, -0.25) is 9.88 Å². The normalized spacial score (nSPS) is 10.7. The van der Waals surface area contributed by atoms with Crippen LogP contribution in [0.1, 0.15) is 0 Å². The maximum Gasteiger partial charge on any atom is 0.235 e. The van der Waals surface area contributed by atoms with Crippen molar-refractivity contribution in [3.05, 3.63) is 78.9 Å². The molecule has 128 valence electrons. The fourth-order valence-electron chi connectivity index (χ4n) is 2.69. The molecule has 0 amide bonds. The molecule has 0 saturated carbocycles. The fraction of sp³-hybridized carbons (Fsp3) is 0.0500. The summed E-state index contributed by atoms with van der Waals surface area (Å²) >= 11 is 0. The van der Waals surface area contributed by atoms with Crippen LogP contribution in [-0.4, -0.2) is 22.1 Å². The molecule has 2 aromatic carbocycles. The molecule has 2 aromatic heterocycles. The van der Waals surface area contributed by atoms with Crippen LogP contribution in [0, 0.1) is 5.82 Å². The quantitative estimate of drug-likeness (QED) is 0.539. The summed E-state index contributed by atoms with van der Waals surface area (Å²) < 4.78 is 19.1. The molecule has 6 heteroatoms. The molecular formula is C20H15FN4O. The van der Waals surface area contributed by atoms with Gasteiger partial charge >= 0.3 is 0 Å². The highest BCUT2D eigenvalue weighted by Crippen LogP contribution is 2.33. The highest BCUT2D eigenvalue weighted by Gasteiger charge is 2.16. The van der Waals surface area contributed by atoms with Gasteiger partial charge in [0.1, 0.15) is 17.1 Å². The zero-order valence-electron chi connectivity index (χ0n) is 14.0. The third-order valence-electron chi connectivity index (χ3n) is 3.94. The first kappa shape index (κ1) is 16.0. The van der Waals surface area contributed by atoms with Gasteiger partial charge in [-0.2, -0.15) is 0 Å². The molecule has 0 saturated heterocycles. The van der Waals surface area contributed by atoms with E-state index in [0.29, 0.717) is 22.7 Å². The third kappa shape index (κ3) is 3.04. The number of anilines is 3. The van der Waals surface area contributed by atoms with Crippen LogP contribution in [0.5, 0.6) is 5.75 Å². The van der Waals surface area contributed by atoms with Crippen molar-refractivity contribution in [2.75, 3.05) is 12.0 Å². The van der Waals surface area contributed by atoms with Crippen molar-refractivity contribution in [2.24, 2.45) is 0 Å². The molecule has 0 fully saturated rings. The number of halogens is 1. The minimum Gasteiger partial charge on any atom is -0.497 e. The average molecular weight is 346 g/mol. The van der Waals surface area contributed by atoms with Crippen molar-refractivity contribution in [1.82, 2.24) is 15.0 Å². The monoisotopic (exact) mass is 346 g/mol. The highest BCUT2D eigenvalue weighted by molar-refractivity contribution is 5.78. The number of fused-ring (bicyclic) bond motifs is 1. The van der Waals surface area contributed by atoms with Gasteiger partial charge < -0.3 is 4.74 Å². The number of rotatable bonds is 4. The van der Waals surface area contributed by atoms with Crippen molar-refractivity contribution in [1.29, 1.82) is 0 Å². The van der Waals surface area contributed by atoms with Crippen LogP contribution in [0.4, 0.5) is 21.7 Å². The molecule has 26 heavy (non-hydrogen) atoms. The summed E-state index contributed by atoms with van der Waals surface area (Å²) in [5.74, 6) is 0.835. The Bertz CT molecular complexity index is 1050. The second-order valence-corrected chi connectivity index (χ2v) is 5.59. The van der Waals surface area contributed by atoms with Crippen LogP contribution < -0.4 is 9.64 Å². The lowest BCUT2D eigenvalue weighted by molar-refractivity contribution is 0.415. The molecular weight excluding hydrogens is 331 g/mol. The van der Waals surface area contributed by atoms with Gasteiger partial charge in [0.15, 0.2) is 0 Å². The Morgan fingerprint density at radius 1 is 0.885 bits per heavy atom. The summed E-state index contributed by atoms with van der Waals surface area (Å²) in [6, 6.07) is 17.4. The number of hydrogen-bond acceptors (Lipinski definition) is 5. The maximum absolute atomic E-state index is 13.8. The Kier molecular flexibility index (Phi) is 4.15. The molecule has 0 N–H and O–H groups in total. The molecule has 4 aromatic rings. The summed E-state index contributed by atoms with van der Waals surface area (Å²) in [5, 5.41) is 0. The van der Waals surface area contributed by atoms with E-state index in [2.05, 4.69) is 15.0 Å². The van der Waals surface area contributed by atoms with Gasteiger partial charge in [0.25, 0.3) is 0 Å². The van der Waals surface area contributed by atoms with Crippen LogP contribution in [-0.2, 0) is 0 Å². The van der Waals surface area contributed by atoms with Crippen molar-refractivity contribution in [3.63, 3.8) is 0 Å². The summed E-state index contributed by atoms with van der Waals surface area (Å²) in [6.45, 7) is 0. The number of ether oxygens (including phenoxy) is 1. The second kappa shape index (κ2) is 6.76. The molecule has 0 aliphatic heterocycles. The number of nitrogens with zero attached hydrogens (tertiary/aromatic N) is 4. The molecule has 0 spiro atoms. The van der Waals surface area contributed by atoms with E-state index in [1.165, 1.54) is 12.1 Å². The zero-order valence-corrected chi connectivity index (χ0v) is 14.0. The molecule has 0 atom stereocenters. The summed E-state index contributed by atoms with van der Waals surface area (Å²) in [4.78, 5) is 15.1. The Hall–Kier alpha value is -3.54. The Morgan fingerprint density at radius 3 is 2.50 bits per heavy atom. The van der Waals surface area contributed by atoms with Gasteiger partial charge in [0.2, 0.25) is 5.95 Å². The summed E-state index contributed by atoms with van der Waals surface area (Å²) in [5.41, 5.74) is 2.83. The molecule has 0 aliphatic carbocycles. The van der Waals surface area contributed by atoms with Gasteiger partial charge in [0.05, 0.1) is 24.5 Å². The fourth-order valence-corrected chi connectivity index (χ4v) is 2.69. The summed E-state index contributed by atoms with van der Waals surface area (Å²) in [6.07, 6.45) is 3.35. The maximum atomic E-state index is 13.8. The van der Waals surface area contributed by atoms with Crippen molar-refractivity contribution in [3.8, 4) is 5.75 Å². The Labute approximate surface area is 149 Å². The lowest BCUT2D eigenvalue weighted by Gasteiger charge is -2.23. The van der Waals surface area contributed by atoms with Crippen LogP contribution in [0.15, 0.2) is 73.1 Å². The molecule has 0 radical (unpaired) electrons. The van der Waals surface area contributed by atoms with E-state index in [0.717, 1.165) is 11.4 Å². The van der Waals surface area contributed by atoms with Crippen LogP contribution in [0.2, 0.25) is 0 Å². The molecule has 4 rings (SSSR count). The zero-order chi connectivity index (χ0) is 17.9. The third-order valence-corrected chi connectivity index (χ3v) is 3.94. The second-order valence-electron chi connectivity index (χ2n) is 5.59. The van der Waals surface area contributed by atoms with Gasteiger partial charge in [0, 0.05) is 11.9 Å². The predicted molar refractivity (Wildman–Crippen MR) is 98.5 cm³/mol. The van der Waals surface area contributed by atoms with E-state index in [-0.39, 0.29) is 5.82 Å². The minimum absolute atomic E-state index is 0.330. The van der Waals surface area contributed by atoms with Crippen LogP contribution in [0.3, 0.4) is 0 Å². The van der Waals surface area contributed by atoms with Gasteiger partial charge in [-0.05, 0) is 54.6 Å². The highest BCUT2D eigenvalue weighted by atomic mass is 19.1. The largest absolute Gasteiger partial charge is 0.497 e. The SMILES string of the molecule is COc1ccc(N(c2cccc(F)c2)c2ncc3ncccc3n2)cc1. The number of methoxy groups -OCH3 is 1. The predicted octanol–water partition coefficient (Wildman–Crippen LogP) is 4.64. The molecule has 0 bridgehead atoms. The standard InChI is InChI=1S/C20H15FN4O/c1-26-17-9-7-15(8-10-17)25(16-5-2-4-14(21)12-16)20-23-13-19-18(24-20)6-3-11-22-19/h2-13H,1H3. The first-order valence-electron chi connectivity index (χ1n) is 8.02.